The second-order valence-electron chi connectivity index (χ2n) is 0. The van der Waals surface area contributed by atoms with E-state index in [1.54, 1.807) is 0 Å². The molecule has 0 nitrogen and oxygen atoms in total. The van der Waals surface area contributed by atoms with Crippen molar-refractivity contribution in [3.8, 4) is 0 Å². The first-order chi connectivity index (χ1) is 1.00. The van der Waals surface area contributed by atoms with Crippen molar-refractivity contribution in [3.63, 3.8) is 0 Å². The van der Waals surface area contributed by atoms with Gasteiger partial charge in [0.2, 0.25) is 0 Å². The van der Waals surface area contributed by atoms with Crippen LogP contribution >= 0.6 is 0 Å². The van der Waals surface area contributed by atoms with Gasteiger partial charge in [0.05, 0.1) is 0 Å². The van der Waals surface area contributed by atoms with Crippen molar-refractivity contribution >= 4 is 61.7 Å². The maximum atomic E-state index is 3.92. The Balaban J connectivity index is -0.00000000500. The van der Waals surface area contributed by atoms with Crippen molar-refractivity contribution in [2.75, 3.05) is 0 Å². The third-order valence-corrected chi connectivity index (χ3v) is 0. The fraction of sp³-hybridized carbons (Fsp3) is 0. The van der Waals surface area contributed by atoms with E-state index in [4.69, 9.17) is 0 Å². The van der Waals surface area contributed by atoms with Gasteiger partial charge in [0, 0.05) is 0 Å². The van der Waals surface area contributed by atoms with Crippen LogP contribution in [0.2, 0.25) is 0 Å². The molecule has 31 valence electrons. The number of hydrogen-bond donors (Lipinski definition) is 0. The van der Waals surface area contributed by atoms with Crippen molar-refractivity contribution in [3.05, 3.63) is 0 Å². The molecule has 0 atom stereocenters. The van der Waals surface area contributed by atoms with Crippen molar-refractivity contribution in [2.45, 2.75) is 0 Å². The molecule has 0 N–H and O–H groups in total. The zero-order valence-corrected chi connectivity index (χ0v) is 9.05. The van der Waals surface area contributed by atoms with Gasteiger partial charge in [-0.3, -0.25) is 0 Å². The molecule has 0 saturated carbocycles. The Morgan fingerprint density at radius 3 is 1.25 bits per heavy atom. The molecule has 0 aliphatic heterocycles. The van der Waals surface area contributed by atoms with Gasteiger partial charge < -0.3 is 0 Å². The van der Waals surface area contributed by atoms with Gasteiger partial charge in [-0.25, -0.2) is 0 Å². The molecule has 0 aliphatic rings. The molecule has 0 aliphatic carbocycles. The molecule has 2 radical (unpaired) electrons. The van der Waals surface area contributed by atoms with Crippen LogP contribution in [-0.4, -0.2) is 61.7 Å². The monoisotopic (exact) mass is 389 g/mol. The molecular weight excluding hydrogens is 378 g/mol. The zero-order valence-electron chi connectivity index (χ0n) is 1.47. The summed E-state index contributed by atoms with van der Waals surface area (Å²) in [6.07, 6.45) is 0. The molecule has 0 aromatic rings. The van der Waals surface area contributed by atoms with Gasteiger partial charge >= 0.3 is 74.1 Å². The van der Waals surface area contributed by atoms with E-state index in [1.165, 1.54) is 20.2 Å². The molecule has 4 heteroatoms. The summed E-state index contributed by atoms with van der Waals surface area (Å²) >= 11 is 5.30. The molecule has 0 fully saturated rings. The summed E-state index contributed by atoms with van der Waals surface area (Å²) in [5, 5.41) is 0. The Bertz CT molecular complexity index is 8.00. The van der Waals surface area contributed by atoms with Crippen LogP contribution < -0.4 is 0 Å². The van der Waals surface area contributed by atoms with E-state index in [-0.39, 0.29) is 41.5 Å². The molecule has 0 bridgehead atoms. The van der Waals surface area contributed by atoms with Crippen LogP contribution in [0.15, 0.2) is 0 Å². The first-order valence-electron chi connectivity index (χ1n) is 0.141. The molecule has 0 spiro atoms. The van der Waals surface area contributed by atoms with Crippen LogP contribution in [0.1, 0.15) is 0 Å². The minimum atomic E-state index is 0. The summed E-state index contributed by atoms with van der Waals surface area (Å²) in [4.78, 5) is 0. The molecule has 4 heavy (non-hydrogen) atoms. The molecule has 0 rings (SSSR count). The summed E-state index contributed by atoms with van der Waals surface area (Å²) in [5.41, 5.74) is 0. The second kappa shape index (κ2) is 17.5. The van der Waals surface area contributed by atoms with Crippen LogP contribution in [-0.2, 0) is 12.3 Å². The predicted molar refractivity (Wildman–Crippen MR) is 27.0 cm³/mol. The summed E-state index contributed by atoms with van der Waals surface area (Å²) in [5.74, 6) is 0. The van der Waals surface area contributed by atoms with Gasteiger partial charge in [0.15, 0.2) is 0 Å². The summed E-state index contributed by atoms with van der Waals surface area (Å²) < 4.78 is 0. The van der Waals surface area contributed by atoms with E-state index >= 15 is 0 Å². The maximum absolute atomic E-state index is 3.92. The normalized spacial score (nSPS) is 1.75. The predicted octanol–water partition coefficient (Wildman–Crippen LogP) is -3.02. The molecule has 0 aromatic carbocycles. The molecule has 0 heterocycles. The van der Waals surface area contributed by atoms with Crippen LogP contribution in [0.3, 0.4) is 0 Å². The zero-order chi connectivity index (χ0) is 2.00. The Morgan fingerprint density at radius 1 is 1.25 bits per heavy atom. The van der Waals surface area contributed by atoms with E-state index in [2.05, 4.69) is 12.3 Å². The topological polar surface area (TPSA) is 0 Å². The second-order valence-corrected chi connectivity index (χ2v) is 0. The average molecular weight is 385 g/mol. The van der Waals surface area contributed by atoms with E-state index < -0.39 is 0 Å². The molecule has 0 unspecified atom stereocenters. The molecular formula is H7GeNiSnTe. The number of hydrogen-bond acceptors (Lipinski definition) is 0. The summed E-state index contributed by atoms with van der Waals surface area (Å²) in [6, 6.07) is 0. The summed E-state index contributed by atoms with van der Waals surface area (Å²) in [7, 11) is 0. The van der Waals surface area contributed by atoms with Crippen LogP contribution in [0.5, 0.6) is 0 Å². The van der Waals surface area contributed by atoms with Crippen molar-refractivity contribution in [2.24, 2.45) is 0 Å². The third-order valence-electron chi connectivity index (χ3n) is 0. The first kappa shape index (κ1) is 16.0. The quantitative estimate of drug-likeness (QED) is 0.390. The Hall–Kier alpha value is 2.62. The number of rotatable bonds is 0. The average Bonchev–Trinajstić information content (AvgIpc) is 1.00. The van der Waals surface area contributed by atoms with E-state index in [1.807, 2.05) is 0 Å². The SMILES string of the molecule is [GeH4].[Ni][TeH].[SnH2]. The third kappa shape index (κ3) is 8.82. The van der Waals surface area contributed by atoms with Crippen LogP contribution in [0.25, 0.3) is 0 Å². The Kier molecular flexibility index (Phi) is 69.6. The van der Waals surface area contributed by atoms with Crippen molar-refractivity contribution < 1.29 is 12.3 Å². The molecule has 0 amide bonds. The van der Waals surface area contributed by atoms with Crippen LogP contribution in [0.4, 0.5) is 0 Å². The molecule has 0 saturated heterocycles. The van der Waals surface area contributed by atoms with Crippen molar-refractivity contribution in [1.29, 1.82) is 0 Å². The van der Waals surface area contributed by atoms with Gasteiger partial charge in [0.25, 0.3) is 0 Å². The summed E-state index contributed by atoms with van der Waals surface area (Å²) in [6.45, 7) is 0. The molecule has 0 aromatic heterocycles. The Morgan fingerprint density at radius 2 is 1.25 bits per heavy atom. The van der Waals surface area contributed by atoms with Gasteiger partial charge in [-0.05, 0) is 0 Å². The van der Waals surface area contributed by atoms with Gasteiger partial charge in [-0.1, -0.05) is 0 Å². The van der Waals surface area contributed by atoms with E-state index in [0.717, 1.165) is 0 Å². The van der Waals surface area contributed by atoms with Gasteiger partial charge in [-0.2, -0.15) is 0 Å². The standard InChI is InChI=1S/GeH4.Ni.Sn.H2Te.2H/h1H4;;;1H2;;/q;+1;;;;/p-1. The first-order valence-corrected chi connectivity index (χ1v) is 3.91. The minimum absolute atomic E-state index is 0. The van der Waals surface area contributed by atoms with E-state index in [0.29, 0.717) is 0 Å². The van der Waals surface area contributed by atoms with Gasteiger partial charge in [0.1, 0.15) is 0 Å². The Labute approximate surface area is 72.8 Å². The fourth-order valence-corrected chi connectivity index (χ4v) is 0. The van der Waals surface area contributed by atoms with E-state index in [9.17, 15) is 0 Å². The fourth-order valence-electron chi connectivity index (χ4n) is 0. The van der Waals surface area contributed by atoms with Crippen LogP contribution in [0, 0.1) is 0 Å². The van der Waals surface area contributed by atoms with Gasteiger partial charge in [-0.15, -0.1) is 0 Å². The van der Waals surface area contributed by atoms with Crippen molar-refractivity contribution in [1.82, 2.24) is 0 Å².